The van der Waals surface area contributed by atoms with Crippen molar-refractivity contribution in [1.82, 2.24) is 19.9 Å². The maximum Gasteiger partial charge on any atom is 0.147 e. The number of pyridine rings is 1. The summed E-state index contributed by atoms with van der Waals surface area (Å²) in [7, 11) is 0. The molecular formula is C25H34N6OS2. The summed E-state index contributed by atoms with van der Waals surface area (Å²) in [6.07, 6.45) is 5.14. The highest BCUT2D eigenvalue weighted by Gasteiger charge is 2.32. The van der Waals surface area contributed by atoms with Crippen molar-refractivity contribution in [3.05, 3.63) is 17.5 Å². The average molecular weight is 499 g/mol. The highest BCUT2D eigenvalue weighted by molar-refractivity contribution is 7.99. The SMILES string of the molecule is CC1(C)CCc2c(N3CCSCC3)nc3sc4c(NCCN5CCOCC5)ncnc4c3c2C1. The molecule has 1 aliphatic carbocycles. The summed E-state index contributed by atoms with van der Waals surface area (Å²) in [4.78, 5) is 20.9. The number of hydrogen-bond acceptors (Lipinski definition) is 9. The molecule has 0 unspecified atom stereocenters. The lowest BCUT2D eigenvalue weighted by Crippen LogP contribution is -2.39. The molecule has 2 saturated heterocycles. The summed E-state index contributed by atoms with van der Waals surface area (Å²) in [5.41, 5.74) is 4.33. The monoisotopic (exact) mass is 498 g/mol. The van der Waals surface area contributed by atoms with E-state index in [4.69, 9.17) is 14.7 Å². The first-order valence-corrected chi connectivity index (χ1v) is 14.5. The van der Waals surface area contributed by atoms with Gasteiger partial charge in [-0.15, -0.1) is 11.3 Å². The largest absolute Gasteiger partial charge is 0.379 e. The third kappa shape index (κ3) is 4.36. The molecule has 0 bridgehead atoms. The predicted octanol–water partition coefficient (Wildman–Crippen LogP) is 4.05. The van der Waals surface area contributed by atoms with Gasteiger partial charge in [0.1, 0.15) is 22.8 Å². The Kier molecular flexibility index (Phi) is 6.30. The molecule has 7 nitrogen and oxygen atoms in total. The lowest BCUT2D eigenvalue weighted by Gasteiger charge is -2.36. The molecule has 0 spiro atoms. The maximum absolute atomic E-state index is 5.48. The van der Waals surface area contributed by atoms with Crippen molar-refractivity contribution >= 4 is 55.2 Å². The summed E-state index contributed by atoms with van der Waals surface area (Å²) in [5, 5.41) is 4.88. The van der Waals surface area contributed by atoms with Crippen LogP contribution in [0.25, 0.3) is 20.4 Å². The van der Waals surface area contributed by atoms with Crippen LogP contribution in [0.1, 0.15) is 31.4 Å². The molecule has 1 N–H and O–H groups in total. The third-order valence-electron chi connectivity index (χ3n) is 7.44. The molecule has 0 amide bonds. The Morgan fingerprint density at radius 3 is 2.74 bits per heavy atom. The van der Waals surface area contributed by atoms with E-state index >= 15 is 0 Å². The lowest BCUT2D eigenvalue weighted by atomic mass is 9.73. The van der Waals surface area contributed by atoms with E-state index in [1.54, 1.807) is 17.7 Å². The van der Waals surface area contributed by atoms with Crippen molar-refractivity contribution in [3.8, 4) is 0 Å². The first-order chi connectivity index (χ1) is 16.6. The van der Waals surface area contributed by atoms with E-state index < -0.39 is 0 Å². The molecule has 5 heterocycles. The molecule has 2 aliphatic heterocycles. The summed E-state index contributed by atoms with van der Waals surface area (Å²) < 4.78 is 6.62. The van der Waals surface area contributed by atoms with E-state index in [9.17, 15) is 0 Å². The zero-order valence-electron chi connectivity index (χ0n) is 20.2. The number of morpholine rings is 1. The second-order valence-corrected chi connectivity index (χ2v) is 12.6. The van der Waals surface area contributed by atoms with Crippen molar-refractivity contribution in [2.45, 2.75) is 33.1 Å². The first kappa shape index (κ1) is 22.8. The van der Waals surface area contributed by atoms with Crippen LogP contribution in [-0.2, 0) is 17.6 Å². The molecule has 0 saturated carbocycles. The van der Waals surface area contributed by atoms with Crippen LogP contribution in [0.3, 0.4) is 0 Å². The molecule has 0 aromatic carbocycles. The number of nitrogens with zero attached hydrogens (tertiary/aromatic N) is 5. The van der Waals surface area contributed by atoms with Gasteiger partial charge in [0.25, 0.3) is 0 Å². The Bertz CT molecular complexity index is 1180. The van der Waals surface area contributed by atoms with E-state index in [1.165, 1.54) is 40.3 Å². The highest BCUT2D eigenvalue weighted by atomic mass is 32.2. The number of thiophene rings is 1. The van der Waals surface area contributed by atoms with Crippen molar-refractivity contribution in [2.75, 3.05) is 74.2 Å². The predicted molar refractivity (Wildman–Crippen MR) is 144 cm³/mol. The van der Waals surface area contributed by atoms with E-state index in [0.717, 1.165) is 86.2 Å². The Morgan fingerprint density at radius 2 is 1.91 bits per heavy atom. The van der Waals surface area contributed by atoms with Gasteiger partial charge in [0.05, 0.1) is 23.4 Å². The number of hydrogen-bond donors (Lipinski definition) is 1. The minimum Gasteiger partial charge on any atom is -0.379 e. The van der Waals surface area contributed by atoms with Crippen LogP contribution in [-0.4, -0.2) is 83.8 Å². The number of anilines is 2. The smallest absolute Gasteiger partial charge is 0.147 e. The van der Waals surface area contributed by atoms with Gasteiger partial charge >= 0.3 is 0 Å². The number of aromatic nitrogens is 3. The van der Waals surface area contributed by atoms with Crippen LogP contribution < -0.4 is 10.2 Å². The van der Waals surface area contributed by atoms with E-state index in [-0.39, 0.29) is 0 Å². The van der Waals surface area contributed by atoms with Gasteiger partial charge in [0.15, 0.2) is 0 Å². The fourth-order valence-electron chi connectivity index (χ4n) is 5.51. The molecule has 3 aliphatic rings. The third-order valence-corrected chi connectivity index (χ3v) is 9.46. The topological polar surface area (TPSA) is 66.4 Å². The van der Waals surface area contributed by atoms with E-state index in [1.807, 2.05) is 0 Å². The lowest BCUT2D eigenvalue weighted by molar-refractivity contribution is 0.0398. The normalized spacial score (nSPS) is 21.2. The van der Waals surface area contributed by atoms with Crippen molar-refractivity contribution in [3.63, 3.8) is 0 Å². The van der Waals surface area contributed by atoms with Gasteiger partial charge in [-0.05, 0) is 35.8 Å². The van der Waals surface area contributed by atoms with Crippen molar-refractivity contribution < 1.29 is 4.74 Å². The fourth-order valence-corrected chi connectivity index (χ4v) is 7.53. The van der Waals surface area contributed by atoms with Crippen LogP contribution in [0, 0.1) is 5.41 Å². The van der Waals surface area contributed by atoms with Gasteiger partial charge in [-0.3, -0.25) is 4.90 Å². The highest BCUT2D eigenvalue weighted by Crippen LogP contribution is 2.46. The molecule has 9 heteroatoms. The first-order valence-electron chi connectivity index (χ1n) is 12.5. The maximum atomic E-state index is 5.48. The molecule has 3 aromatic rings. The second-order valence-electron chi connectivity index (χ2n) is 10.4. The number of fused-ring (bicyclic) bond motifs is 5. The molecule has 0 atom stereocenters. The zero-order chi connectivity index (χ0) is 23.1. The van der Waals surface area contributed by atoms with E-state index in [0.29, 0.717) is 5.41 Å². The molecule has 3 aromatic heterocycles. The van der Waals surface area contributed by atoms with Crippen LogP contribution in [0.5, 0.6) is 0 Å². The zero-order valence-corrected chi connectivity index (χ0v) is 21.9. The van der Waals surface area contributed by atoms with Crippen molar-refractivity contribution in [1.29, 1.82) is 0 Å². The van der Waals surface area contributed by atoms with Gasteiger partial charge in [-0.25, -0.2) is 15.0 Å². The summed E-state index contributed by atoms with van der Waals surface area (Å²) in [6, 6.07) is 0. The molecule has 34 heavy (non-hydrogen) atoms. The number of thioether (sulfide) groups is 1. The van der Waals surface area contributed by atoms with Gasteiger partial charge < -0.3 is 15.0 Å². The minimum absolute atomic E-state index is 0.302. The average Bonchev–Trinajstić information content (AvgIpc) is 3.24. The molecule has 2 fully saturated rings. The van der Waals surface area contributed by atoms with Gasteiger partial charge in [-0.2, -0.15) is 11.8 Å². The fraction of sp³-hybridized carbons (Fsp3) is 0.640. The molecular weight excluding hydrogens is 464 g/mol. The molecule has 0 radical (unpaired) electrons. The van der Waals surface area contributed by atoms with Crippen LogP contribution in [0.15, 0.2) is 6.33 Å². The second kappa shape index (κ2) is 9.41. The van der Waals surface area contributed by atoms with Gasteiger partial charge in [0.2, 0.25) is 0 Å². The molecule has 182 valence electrons. The Balaban J connectivity index is 1.39. The summed E-state index contributed by atoms with van der Waals surface area (Å²) >= 11 is 3.82. The number of rotatable bonds is 5. The summed E-state index contributed by atoms with van der Waals surface area (Å²) in [6.45, 7) is 12.5. The van der Waals surface area contributed by atoms with Crippen LogP contribution in [0.2, 0.25) is 0 Å². The number of ether oxygens (including phenoxy) is 1. The van der Waals surface area contributed by atoms with Crippen molar-refractivity contribution in [2.24, 2.45) is 5.41 Å². The molecule has 6 rings (SSSR count). The Morgan fingerprint density at radius 1 is 1.09 bits per heavy atom. The van der Waals surface area contributed by atoms with E-state index in [2.05, 4.69) is 45.7 Å². The Labute approximate surface area is 209 Å². The standard InChI is InChI=1S/C25H34N6OS2/c1-25(2)4-3-17-18(15-25)19-20-21(34-24(19)29-23(17)31-9-13-33-14-10-31)22(28-16-27-20)26-5-6-30-7-11-32-12-8-30/h16H,3-15H2,1-2H3,(H,26,27,28). The summed E-state index contributed by atoms with van der Waals surface area (Å²) in [5.74, 6) is 4.56. The number of nitrogens with one attached hydrogen (secondary N) is 1. The van der Waals surface area contributed by atoms with Crippen LogP contribution >= 0.6 is 23.1 Å². The Hall–Kier alpha value is -1.68. The quantitative estimate of drug-likeness (QED) is 0.565. The minimum atomic E-state index is 0.302. The van der Waals surface area contributed by atoms with Gasteiger partial charge in [-0.1, -0.05) is 13.8 Å². The van der Waals surface area contributed by atoms with Crippen LogP contribution in [0.4, 0.5) is 11.6 Å². The van der Waals surface area contributed by atoms with Gasteiger partial charge in [0, 0.05) is 56.2 Å².